The second kappa shape index (κ2) is 6.37. The lowest BCUT2D eigenvalue weighted by atomic mass is 9.89. The molecule has 132 valence electrons. The largest absolute Gasteiger partial charge is 0.372 e. The summed E-state index contributed by atoms with van der Waals surface area (Å²) in [6.45, 7) is 2.32. The lowest BCUT2D eigenvalue weighted by Gasteiger charge is -2.38. The zero-order valence-corrected chi connectivity index (χ0v) is 14.6. The molecule has 6 nitrogen and oxygen atoms in total. The SMILES string of the molecule is O=S(=O)(C1CC1)N1CCC2(CC1)CC(OCc1ccncc1)CO2. The van der Waals surface area contributed by atoms with Crippen LogP contribution in [0.3, 0.4) is 0 Å². The van der Waals surface area contributed by atoms with Gasteiger partial charge in [0.2, 0.25) is 10.0 Å². The number of sulfonamides is 1. The Hall–Kier alpha value is -1.02. The van der Waals surface area contributed by atoms with Crippen LogP contribution < -0.4 is 0 Å². The van der Waals surface area contributed by atoms with Crippen molar-refractivity contribution >= 4 is 10.0 Å². The fraction of sp³-hybridized carbons (Fsp3) is 0.706. The zero-order valence-electron chi connectivity index (χ0n) is 13.8. The minimum atomic E-state index is -3.05. The molecule has 0 radical (unpaired) electrons. The predicted molar refractivity (Wildman–Crippen MR) is 88.9 cm³/mol. The van der Waals surface area contributed by atoms with Gasteiger partial charge in [-0.25, -0.2) is 12.7 Å². The molecule has 2 saturated heterocycles. The molecule has 0 amide bonds. The van der Waals surface area contributed by atoms with Gasteiger partial charge >= 0.3 is 0 Å². The topological polar surface area (TPSA) is 68.7 Å². The van der Waals surface area contributed by atoms with Crippen molar-refractivity contribution in [2.24, 2.45) is 0 Å². The average molecular weight is 352 g/mol. The summed E-state index contributed by atoms with van der Waals surface area (Å²) < 4.78 is 38.4. The average Bonchev–Trinajstić information content (AvgIpc) is 3.39. The van der Waals surface area contributed by atoms with Crippen LogP contribution in [-0.2, 0) is 26.1 Å². The smallest absolute Gasteiger partial charge is 0.216 e. The van der Waals surface area contributed by atoms with E-state index in [1.807, 2.05) is 12.1 Å². The molecule has 2 aliphatic heterocycles. The van der Waals surface area contributed by atoms with E-state index in [0.717, 1.165) is 37.7 Å². The molecular formula is C17H24N2O4S. The fourth-order valence-corrected chi connectivity index (χ4v) is 5.52. The van der Waals surface area contributed by atoms with Crippen molar-refractivity contribution in [2.75, 3.05) is 19.7 Å². The van der Waals surface area contributed by atoms with Gasteiger partial charge in [-0.1, -0.05) is 0 Å². The second-order valence-corrected chi connectivity index (χ2v) is 9.34. The zero-order chi connectivity index (χ0) is 16.6. The quantitative estimate of drug-likeness (QED) is 0.807. The first-order chi connectivity index (χ1) is 11.6. The fourth-order valence-electron chi connectivity index (χ4n) is 3.68. The molecule has 1 aromatic heterocycles. The van der Waals surface area contributed by atoms with E-state index >= 15 is 0 Å². The number of hydrogen-bond donors (Lipinski definition) is 0. The van der Waals surface area contributed by atoms with E-state index in [4.69, 9.17) is 9.47 Å². The van der Waals surface area contributed by atoms with Crippen LogP contribution in [0.15, 0.2) is 24.5 Å². The molecule has 1 unspecified atom stereocenters. The van der Waals surface area contributed by atoms with E-state index in [1.54, 1.807) is 16.7 Å². The van der Waals surface area contributed by atoms with Crippen molar-refractivity contribution in [2.45, 2.75) is 55.7 Å². The third-order valence-corrected chi connectivity index (χ3v) is 7.75. The summed E-state index contributed by atoms with van der Waals surface area (Å²) in [4.78, 5) is 4.00. The van der Waals surface area contributed by atoms with E-state index in [0.29, 0.717) is 26.3 Å². The van der Waals surface area contributed by atoms with Crippen LogP contribution in [0.4, 0.5) is 0 Å². The van der Waals surface area contributed by atoms with Crippen LogP contribution >= 0.6 is 0 Å². The third kappa shape index (κ3) is 3.35. The Bertz CT molecular complexity index is 667. The summed E-state index contributed by atoms with van der Waals surface area (Å²) in [6.07, 6.45) is 7.67. The first-order valence-electron chi connectivity index (χ1n) is 8.71. The monoisotopic (exact) mass is 352 g/mol. The maximum Gasteiger partial charge on any atom is 0.216 e. The van der Waals surface area contributed by atoms with Crippen molar-refractivity contribution in [1.29, 1.82) is 0 Å². The Labute approximate surface area is 143 Å². The summed E-state index contributed by atoms with van der Waals surface area (Å²) in [5.41, 5.74) is 0.912. The minimum Gasteiger partial charge on any atom is -0.372 e. The van der Waals surface area contributed by atoms with Gasteiger partial charge in [-0.05, 0) is 43.4 Å². The van der Waals surface area contributed by atoms with E-state index in [-0.39, 0.29) is 17.0 Å². The standard InChI is InChI=1S/C17H24N2O4S/c20-24(21,16-1-2-16)19-9-5-17(6-10-19)11-15(13-23-17)22-12-14-3-7-18-8-4-14/h3-4,7-8,15-16H,1-2,5-6,9-13H2. The highest BCUT2D eigenvalue weighted by Gasteiger charge is 2.47. The van der Waals surface area contributed by atoms with Crippen LogP contribution in [0.5, 0.6) is 0 Å². The van der Waals surface area contributed by atoms with E-state index in [2.05, 4.69) is 4.98 Å². The molecule has 1 spiro atoms. The maximum absolute atomic E-state index is 12.3. The van der Waals surface area contributed by atoms with Gasteiger partial charge in [0.05, 0.1) is 30.2 Å². The molecule has 1 saturated carbocycles. The summed E-state index contributed by atoms with van der Waals surface area (Å²) in [5.74, 6) is 0. The third-order valence-electron chi connectivity index (χ3n) is 5.35. The van der Waals surface area contributed by atoms with Crippen molar-refractivity contribution in [3.8, 4) is 0 Å². The lowest BCUT2D eigenvalue weighted by Crippen LogP contribution is -2.47. The van der Waals surface area contributed by atoms with Gasteiger partial charge in [0.25, 0.3) is 0 Å². The number of piperidine rings is 1. The normalized spacial score (nSPS) is 27.6. The lowest BCUT2D eigenvalue weighted by molar-refractivity contribution is -0.0343. The van der Waals surface area contributed by atoms with Crippen LogP contribution in [-0.4, -0.2) is 54.4 Å². The van der Waals surface area contributed by atoms with Gasteiger partial charge in [0, 0.05) is 31.9 Å². The molecule has 3 aliphatic rings. The highest BCUT2D eigenvalue weighted by atomic mass is 32.2. The van der Waals surface area contributed by atoms with Gasteiger partial charge < -0.3 is 9.47 Å². The molecule has 1 aromatic rings. The Balaban J connectivity index is 1.29. The number of hydrogen-bond acceptors (Lipinski definition) is 5. The van der Waals surface area contributed by atoms with Gasteiger partial charge in [-0.3, -0.25) is 4.98 Å². The first kappa shape index (κ1) is 16.4. The Morgan fingerprint density at radius 3 is 2.62 bits per heavy atom. The number of rotatable bonds is 5. The van der Waals surface area contributed by atoms with Crippen LogP contribution in [0, 0.1) is 0 Å². The predicted octanol–water partition coefficient (Wildman–Crippen LogP) is 1.71. The van der Waals surface area contributed by atoms with Crippen LogP contribution in [0.25, 0.3) is 0 Å². The molecule has 0 N–H and O–H groups in total. The maximum atomic E-state index is 12.3. The highest BCUT2D eigenvalue weighted by molar-refractivity contribution is 7.90. The van der Waals surface area contributed by atoms with Gasteiger partial charge in [-0.2, -0.15) is 0 Å². The Morgan fingerprint density at radius 1 is 1.25 bits per heavy atom. The Kier molecular flexibility index (Phi) is 4.36. The summed E-state index contributed by atoms with van der Waals surface area (Å²) in [6, 6.07) is 3.90. The summed E-state index contributed by atoms with van der Waals surface area (Å²) in [7, 11) is -3.05. The molecule has 1 atom stereocenters. The molecule has 3 fully saturated rings. The van der Waals surface area contributed by atoms with Crippen LogP contribution in [0.2, 0.25) is 0 Å². The highest BCUT2D eigenvalue weighted by Crippen LogP contribution is 2.40. The van der Waals surface area contributed by atoms with Crippen molar-refractivity contribution in [1.82, 2.24) is 9.29 Å². The molecule has 4 rings (SSSR count). The number of aromatic nitrogens is 1. The molecular weight excluding hydrogens is 328 g/mol. The Morgan fingerprint density at radius 2 is 1.96 bits per heavy atom. The number of ether oxygens (including phenoxy) is 2. The molecule has 24 heavy (non-hydrogen) atoms. The van der Waals surface area contributed by atoms with Crippen molar-refractivity contribution in [3.05, 3.63) is 30.1 Å². The van der Waals surface area contributed by atoms with Crippen molar-refractivity contribution in [3.63, 3.8) is 0 Å². The van der Waals surface area contributed by atoms with Crippen LogP contribution in [0.1, 0.15) is 37.7 Å². The minimum absolute atomic E-state index is 0.0877. The molecule has 3 heterocycles. The summed E-state index contributed by atoms with van der Waals surface area (Å²) in [5, 5.41) is -0.118. The number of nitrogens with zero attached hydrogens (tertiary/aromatic N) is 2. The van der Waals surface area contributed by atoms with E-state index in [1.165, 1.54) is 0 Å². The molecule has 1 aliphatic carbocycles. The van der Waals surface area contributed by atoms with Gasteiger partial charge in [0.15, 0.2) is 0 Å². The van der Waals surface area contributed by atoms with Crippen molar-refractivity contribution < 1.29 is 17.9 Å². The summed E-state index contributed by atoms with van der Waals surface area (Å²) >= 11 is 0. The molecule has 0 bridgehead atoms. The molecule has 7 heteroatoms. The number of pyridine rings is 1. The molecule has 0 aromatic carbocycles. The van der Waals surface area contributed by atoms with Gasteiger partial charge in [-0.15, -0.1) is 0 Å². The van der Waals surface area contributed by atoms with E-state index in [9.17, 15) is 8.42 Å². The van der Waals surface area contributed by atoms with E-state index < -0.39 is 10.0 Å². The first-order valence-corrected chi connectivity index (χ1v) is 10.2. The van der Waals surface area contributed by atoms with Gasteiger partial charge in [0.1, 0.15) is 0 Å². The second-order valence-electron chi connectivity index (χ2n) is 7.13.